The predicted octanol–water partition coefficient (Wildman–Crippen LogP) is 0.692. The molecule has 0 spiro atoms. The molecule has 0 radical (unpaired) electrons. The molecule has 1 aromatic heterocycles. The van der Waals surface area contributed by atoms with Crippen LogP contribution in [0.4, 0.5) is 10.1 Å². The van der Waals surface area contributed by atoms with Gasteiger partial charge in [0.1, 0.15) is 5.82 Å². The molecule has 2 aromatic rings. The molecule has 72 valence electrons. The Labute approximate surface area is 79.3 Å². The van der Waals surface area contributed by atoms with Gasteiger partial charge in [0.25, 0.3) is 0 Å². The van der Waals surface area contributed by atoms with E-state index in [0.29, 0.717) is 17.2 Å². The minimum Gasteiger partial charge on any atom is -0.399 e. The minimum absolute atomic E-state index is 0.343. The molecule has 1 heterocycles. The Hall–Kier alpha value is -1.98. The van der Waals surface area contributed by atoms with Crippen LogP contribution >= 0.6 is 0 Å². The second-order valence-electron chi connectivity index (χ2n) is 2.88. The second kappa shape index (κ2) is 3.06. The van der Waals surface area contributed by atoms with Crippen molar-refractivity contribution in [1.29, 1.82) is 0 Å². The molecule has 2 rings (SSSR count). The van der Waals surface area contributed by atoms with Crippen LogP contribution in [0.1, 0.15) is 5.82 Å². The van der Waals surface area contributed by atoms with Gasteiger partial charge < -0.3 is 5.73 Å². The summed E-state index contributed by atoms with van der Waals surface area (Å²) in [4.78, 5) is 0. The smallest absolute Gasteiger partial charge is 0.153 e. The van der Waals surface area contributed by atoms with E-state index in [2.05, 4.69) is 15.5 Å². The van der Waals surface area contributed by atoms with E-state index in [4.69, 9.17) is 5.73 Å². The largest absolute Gasteiger partial charge is 0.399 e. The minimum atomic E-state index is -0.408. The Morgan fingerprint density at radius 2 is 2.14 bits per heavy atom. The van der Waals surface area contributed by atoms with E-state index in [-0.39, 0.29) is 0 Å². The zero-order valence-electron chi connectivity index (χ0n) is 7.48. The molecule has 0 fully saturated rings. The van der Waals surface area contributed by atoms with Crippen molar-refractivity contribution in [3.05, 3.63) is 29.8 Å². The normalized spacial score (nSPS) is 10.4. The summed E-state index contributed by atoms with van der Waals surface area (Å²) in [6.07, 6.45) is 0. The van der Waals surface area contributed by atoms with Gasteiger partial charge in [0.2, 0.25) is 0 Å². The zero-order chi connectivity index (χ0) is 10.1. The van der Waals surface area contributed by atoms with Crippen molar-refractivity contribution in [2.75, 3.05) is 5.73 Å². The van der Waals surface area contributed by atoms with E-state index in [1.54, 1.807) is 13.0 Å². The molecule has 0 aliphatic heterocycles. The number of nitrogen functional groups attached to an aromatic ring is 1. The topological polar surface area (TPSA) is 69.6 Å². The molecule has 0 saturated carbocycles. The lowest BCUT2D eigenvalue weighted by atomic mass is 10.3. The Kier molecular flexibility index (Phi) is 1.88. The Balaban J connectivity index is 2.57. The number of hydrogen-bond donors (Lipinski definition) is 1. The SMILES string of the molecule is Cc1nnnn1-c1cc(N)cc(F)c1. The van der Waals surface area contributed by atoms with Crippen molar-refractivity contribution >= 4 is 5.69 Å². The van der Waals surface area contributed by atoms with Gasteiger partial charge in [-0.15, -0.1) is 5.10 Å². The van der Waals surface area contributed by atoms with Crippen LogP contribution < -0.4 is 5.73 Å². The van der Waals surface area contributed by atoms with Crippen LogP contribution in [0.3, 0.4) is 0 Å². The summed E-state index contributed by atoms with van der Waals surface area (Å²) in [5.41, 5.74) is 6.35. The van der Waals surface area contributed by atoms with Crippen molar-refractivity contribution in [2.45, 2.75) is 6.92 Å². The highest BCUT2D eigenvalue weighted by atomic mass is 19.1. The van der Waals surface area contributed by atoms with Gasteiger partial charge in [-0.3, -0.25) is 0 Å². The number of anilines is 1. The van der Waals surface area contributed by atoms with Gasteiger partial charge >= 0.3 is 0 Å². The fraction of sp³-hybridized carbons (Fsp3) is 0.125. The van der Waals surface area contributed by atoms with Gasteiger partial charge in [-0.2, -0.15) is 4.68 Å². The van der Waals surface area contributed by atoms with Crippen LogP contribution in [-0.2, 0) is 0 Å². The van der Waals surface area contributed by atoms with Gasteiger partial charge in [0, 0.05) is 5.69 Å². The molecular formula is C8H8FN5. The van der Waals surface area contributed by atoms with Crippen LogP contribution in [0.15, 0.2) is 18.2 Å². The fourth-order valence-electron chi connectivity index (χ4n) is 1.19. The standard InChI is InChI=1S/C8H8FN5/c1-5-11-12-13-14(5)8-3-6(9)2-7(10)4-8/h2-4H,10H2,1H3. The maximum Gasteiger partial charge on any atom is 0.153 e. The molecule has 0 aliphatic rings. The average molecular weight is 193 g/mol. The highest BCUT2D eigenvalue weighted by molar-refractivity contribution is 5.47. The predicted molar refractivity (Wildman–Crippen MR) is 48.3 cm³/mol. The van der Waals surface area contributed by atoms with Crippen molar-refractivity contribution < 1.29 is 4.39 Å². The number of halogens is 1. The maximum atomic E-state index is 13.0. The lowest BCUT2D eigenvalue weighted by Gasteiger charge is -2.02. The highest BCUT2D eigenvalue weighted by Crippen LogP contribution is 2.14. The molecule has 0 aliphatic carbocycles. The van der Waals surface area contributed by atoms with Crippen molar-refractivity contribution in [2.24, 2.45) is 0 Å². The molecule has 0 saturated heterocycles. The average Bonchev–Trinajstić information content (AvgIpc) is 2.49. The highest BCUT2D eigenvalue weighted by Gasteiger charge is 2.05. The third kappa shape index (κ3) is 1.41. The lowest BCUT2D eigenvalue weighted by Crippen LogP contribution is -2.01. The number of nitrogens with two attached hydrogens (primary N) is 1. The number of benzene rings is 1. The van der Waals surface area contributed by atoms with Crippen molar-refractivity contribution in [1.82, 2.24) is 20.2 Å². The fourth-order valence-corrected chi connectivity index (χ4v) is 1.19. The number of hydrogen-bond acceptors (Lipinski definition) is 4. The van der Waals surface area contributed by atoms with Crippen molar-refractivity contribution in [3.63, 3.8) is 0 Å². The van der Waals surface area contributed by atoms with Crippen LogP contribution in [0.25, 0.3) is 5.69 Å². The van der Waals surface area contributed by atoms with Crippen LogP contribution in [0.2, 0.25) is 0 Å². The Bertz CT molecular complexity index is 444. The van der Waals surface area contributed by atoms with Crippen LogP contribution in [0, 0.1) is 12.7 Å². The quantitative estimate of drug-likeness (QED) is 0.676. The van der Waals surface area contributed by atoms with Crippen LogP contribution in [-0.4, -0.2) is 20.2 Å². The Morgan fingerprint density at radius 3 is 2.71 bits per heavy atom. The number of aryl methyl sites for hydroxylation is 1. The summed E-state index contributed by atoms with van der Waals surface area (Å²) >= 11 is 0. The molecule has 1 aromatic carbocycles. The molecule has 0 bridgehead atoms. The van der Waals surface area contributed by atoms with Gasteiger partial charge in [0.05, 0.1) is 5.69 Å². The molecule has 0 atom stereocenters. The summed E-state index contributed by atoms with van der Waals surface area (Å²) in [5.74, 6) is 0.171. The molecule has 5 nitrogen and oxygen atoms in total. The van der Waals surface area contributed by atoms with Crippen LogP contribution in [0.5, 0.6) is 0 Å². The van der Waals surface area contributed by atoms with E-state index in [1.165, 1.54) is 16.8 Å². The summed E-state index contributed by atoms with van der Waals surface area (Å²) in [6, 6.07) is 4.16. The van der Waals surface area contributed by atoms with Gasteiger partial charge in [-0.1, -0.05) is 0 Å². The summed E-state index contributed by atoms with van der Waals surface area (Å²) in [7, 11) is 0. The number of aromatic nitrogens is 4. The summed E-state index contributed by atoms with van der Waals surface area (Å²) in [5, 5.41) is 10.8. The summed E-state index contributed by atoms with van der Waals surface area (Å²) in [6.45, 7) is 1.72. The molecule has 6 heteroatoms. The van der Waals surface area contributed by atoms with E-state index in [0.717, 1.165) is 0 Å². The molecule has 14 heavy (non-hydrogen) atoms. The van der Waals surface area contributed by atoms with Crippen molar-refractivity contribution in [3.8, 4) is 5.69 Å². The van der Waals surface area contributed by atoms with E-state index < -0.39 is 5.82 Å². The first-order valence-electron chi connectivity index (χ1n) is 3.98. The first-order valence-corrected chi connectivity index (χ1v) is 3.98. The molecule has 2 N–H and O–H groups in total. The van der Waals surface area contributed by atoms with Gasteiger partial charge in [0.15, 0.2) is 5.82 Å². The lowest BCUT2D eigenvalue weighted by molar-refractivity contribution is 0.625. The first kappa shape index (κ1) is 8.61. The third-order valence-electron chi connectivity index (χ3n) is 1.77. The van der Waals surface area contributed by atoms with Gasteiger partial charge in [-0.25, -0.2) is 4.39 Å². The monoisotopic (exact) mass is 193 g/mol. The Morgan fingerprint density at radius 1 is 1.36 bits per heavy atom. The number of rotatable bonds is 1. The zero-order valence-corrected chi connectivity index (χ0v) is 7.48. The summed E-state index contributed by atoms with van der Waals surface area (Å²) < 4.78 is 14.4. The molecule has 0 unspecified atom stereocenters. The van der Waals surface area contributed by atoms with E-state index in [1.807, 2.05) is 0 Å². The molecule has 0 amide bonds. The van der Waals surface area contributed by atoms with E-state index in [9.17, 15) is 4.39 Å². The first-order chi connectivity index (χ1) is 6.66. The van der Waals surface area contributed by atoms with E-state index >= 15 is 0 Å². The number of nitrogens with zero attached hydrogens (tertiary/aromatic N) is 4. The molecular weight excluding hydrogens is 185 g/mol. The number of tetrazole rings is 1. The maximum absolute atomic E-state index is 13.0. The van der Waals surface area contributed by atoms with Gasteiger partial charge in [-0.05, 0) is 35.5 Å². The second-order valence-corrected chi connectivity index (χ2v) is 2.88. The third-order valence-corrected chi connectivity index (χ3v) is 1.77.